The Morgan fingerprint density at radius 3 is 2.94 bits per heavy atom. The molecule has 0 radical (unpaired) electrons. The van der Waals surface area contributed by atoms with E-state index in [4.69, 9.17) is 0 Å². The van der Waals surface area contributed by atoms with Crippen molar-refractivity contribution in [3.8, 4) is 0 Å². The van der Waals surface area contributed by atoms with Crippen LogP contribution < -0.4 is 0 Å². The summed E-state index contributed by atoms with van der Waals surface area (Å²) in [5, 5.41) is 0.378. The van der Waals surface area contributed by atoms with Crippen LogP contribution in [0.3, 0.4) is 0 Å². The van der Waals surface area contributed by atoms with Gasteiger partial charge in [-0.2, -0.15) is 4.98 Å². The molecule has 0 aliphatic carbocycles. The van der Waals surface area contributed by atoms with Gasteiger partial charge in [-0.15, -0.1) is 0 Å². The van der Waals surface area contributed by atoms with E-state index in [0.717, 1.165) is 11.0 Å². The Labute approximate surface area is 96.3 Å². The van der Waals surface area contributed by atoms with Gasteiger partial charge in [-0.05, 0) is 12.1 Å². The number of nitrogens with one attached hydrogen (secondary N) is 1. The molecule has 5 heteroatoms. The molecule has 2 rings (SSSR count). The van der Waals surface area contributed by atoms with E-state index in [1.165, 1.54) is 0 Å². The van der Waals surface area contributed by atoms with Gasteiger partial charge in [0.2, 0.25) is 0 Å². The summed E-state index contributed by atoms with van der Waals surface area (Å²) in [6.07, 6.45) is 0.409. The molecule has 0 saturated heterocycles. The highest BCUT2D eigenvalue weighted by atomic mass is 32.2. The number of imidazole rings is 1. The molecule has 16 heavy (non-hydrogen) atoms. The summed E-state index contributed by atoms with van der Waals surface area (Å²) >= 11 is -1.36. The number of benzene rings is 1. The standard InChI is InChI=1S/C11H12N2O2S/c1-2-8(14)7-16(15)11-12-9-5-3-4-6-10(9)13-11/h3-6H,2,7H2,1H3,(H,12,13). The van der Waals surface area contributed by atoms with Gasteiger partial charge in [0, 0.05) is 17.6 Å². The van der Waals surface area contributed by atoms with Crippen LogP contribution in [0, 0.1) is 0 Å². The van der Waals surface area contributed by atoms with Crippen LogP contribution in [0.25, 0.3) is 11.0 Å². The van der Waals surface area contributed by atoms with Gasteiger partial charge in [0.05, 0.1) is 11.0 Å². The predicted octanol–water partition coefficient (Wildman–Crippen LogP) is 1.65. The van der Waals surface area contributed by atoms with E-state index >= 15 is 0 Å². The zero-order chi connectivity index (χ0) is 11.5. The molecule has 0 bridgehead atoms. The number of ketones is 1. The molecule has 1 unspecified atom stereocenters. The molecule has 84 valence electrons. The molecule has 2 aromatic rings. The maximum absolute atomic E-state index is 11.8. The minimum Gasteiger partial charge on any atom is -0.609 e. The topological polar surface area (TPSA) is 68.8 Å². The first-order valence-electron chi connectivity index (χ1n) is 5.05. The van der Waals surface area contributed by atoms with E-state index in [1.807, 2.05) is 24.3 Å². The third kappa shape index (κ3) is 2.25. The molecular formula is C11H12N2O2S. The molecule has 1 aromatic carbocycles. The van der Waals surface area contributed by atoms with Gasteiger partial charge in [0.25, 0.3) is 0 Å². The number of carbonyl (C=O) groups is 1. The number of aromatic amines is 1. The van der Waals surface area contributed by atoms with Gasteiger partial charge in [-0.1, -0.05) is 19.1 Å². The zero-order valence-corrected chi connectivity index (χ0v) is 9.71. The summed E-state index contributed by atoms with van der Waals surface area (Å²) in [5.74, 6) is 0.0230. The zero-order valence-electron chi connectivity index (χ0n) is 8.90. The van der Waals surface area contributed by atoms with Crippen molar-refractivity contribution >= 4 is 28.0 Å². The van der Waals surface area contributed by atoms with Crippen LogP contribution in [-0.2, 0) is 16.0 Å². The van der Waals surface area contributed by atoms with Crippen molar-refractivity contribution in [3.63, 3.8) is 0 Å². The van der Waals surface area contributed by atoms with E-state index in [2.05, 4.69) is 9.97 Å². The highest BCUT2D eigenvalue weighted by molar-refractivity contribution is 7.91. The number of nitrogens with zero attached hydrogens (tertiary/aromatic N) is 1. The molecule has 4 nitrogen and oxygen atoms in total. The lowest BCUT2D eigenvalue weighted by atomic mass is 10.3. The van der Waals surface area contributed by atoms with Crippen molar-refractivity contribution in [2.75, 3.05) is 5.75 Å². The maximum Gasteiger partial charge on any atom is 0.322 e. The number of hydrogen-bond acceptors (Lipinski definition) is 3. The average Bonchev–Trinajstić information content (AvgIpc) is 2.72. The number of carbonyl (C=O) groups excluding carboxylic acids is 1. The molecule has 1 heterocycles. The Hall–Kier alpha value is -1.33. The van der Waals surface area contributed by atoms with Crippen LogP contribution in [0.1, 0.15) is 13.3 Å². The van der Waals surface area contributed by atoms with Gasteiger partial charge < -0.3 is 4.55 Å². The van der Waals surface area contributed by atoms with Crippen LogP contribution in [0.2, 0.25) is 0 Å². The second-order valence-corrected chi connectivity index (χ2v) is 4.81. The summed E-state index contributed by atoms with van der Waals surface area (Å²) in [4.78, 5) is 18.3. The first kappa shape index (κ1) is 11.2. The van der Waals surface area contributed by atoms with Gasteiger partial charge in [-0.25, -0.2) is 0 Å². The van der Waals surface area contributed by atoms with Crippen molar-refractivity contribution in [2.24, 2.45) is 0 Å². The fraction of sp³-hybridized carbons (Fsp3) is 0.273. The quantitative estimate of drug-likeness (QED) is 0.821. The maximum atomic E-state index is 11.8. The van der Waals surface area contributed by atoms with E-state index < -0.39 is 11.2 Å². The van der Waals surface area contributed by atoms with E-state index in [-0.39, 0.29) is 11.5 Å². The lowest BCUT2D eigenvalue weighted by molar-refractivity contribution is -0.116. The van der Waals surface area contributed by atoms with Crippen LogP contribution >= 0.6 is 0 Å². The molecule has 0 amide bonds. The monoisotopic (exact) mass is 236 g/mol. The van der Waals surface area contributed by atoms with Crippen molar-refractivity contribution in [2.45, 2.75) is 18.5 Å². The highest BCUT2D eigenvalue weighted by Crippen LogP contribution is 2.15. The summed E-state index contributed by atoms with van der Waals surface area (Å²) in [5.41, 5.74) is 1.62. The molecule has 1 atom stereocenters. The second kappa shape index (κ2) is 4.67. The summed E-state index contributed by atoms with van der Waals surface area (Å²) in [6.45, 7) is 1.76. The molecule has 0 fully saturated rings. The number of para-hydroxylation sites is 2. The number of aromatic nitrogens is 2. The fourth-order valence-electron chi connectivity index (χ4n) is 1.35. The summed E-state index contributed by atoms with van der Waals surface area (Å²) in [6, 6.07) is 7.45. The van der Waals surface area contributed by atoms with Crippen LogP contribution in [0.4, 0.5) is 0 Å². The summed E-state index contributed by atoms with van der Waals surface area (Å²) in [7, 11) is 0. The van der Waals surface area contributed by atoms with E-state index in [0.29, 0.717) is 11.6 Å². The Morgan fingerprint density at radius 2 is 2.25 bits per heavy atom. The predicted molar refractivity (Wildman–Crippen MR) is 62.7 cm³/mol. The van der Waals surface area contributed by atoms with Gasteiger partial charge in [0.1, 0.15) is 0 Å². The number of H-pyrrole nitrogens is 1. The van der Waals surface area contributed by atoms with Crippen LogP contribution in [-0.4, -0.2) is 26.1 Å². The van der Waals surface area contributed by atoms with E-state index in [9.17, 15) is 9.35 Å². The SMILES string of the molecule is CCC(=O)C[S+]([O-])c1nc2ccccc2[nH]1. The molecule has 0 aliphatic rings. The lowest BCUT2D eigenvalue weighted by Gasteiger charge is -2.04. The molecule has 1 aromatic heterocycles. The number of Topliss-reactive ketones (excluding diaryl/α,β-unsaturated/α-hetero) is 1. The number of rotatable bonds is 4. The first-order valence-corrected chi connectivity index (χ1v) is 6.37. The Morgan fingerprint density at radius 1 is 1.50 bits per heavy atom. The minimum absolute atomic E-state index is 0.0150. The molecule has 0 saturated carbocycles. The largest absolute Gasteiger partial charge is 0.609 e. The van der Waals surface area contributed by atoms with Gasteiger partial charge in [-0.3, -0.25) is 9.78 Å². The normalized spacial score (nSPS) is 12.9. The molecular weight excluding hydrogens is 224 g/mol. The van der Waals surface area contributed by atoms with E-state index in [1.54, 1.807) is 6.92 Å². The summed E-state index contributed by atoms with van der Waals surface area (Å²) < 4.78 is 11.8. The highest BCUT2D eigenvalue weighted by Gasteiger charge is 2.19. The lowest BCUT2D eigenvalue weighted by Crippen LogP contribution is -2.16. The van der Waals surface area contributed by atoms with Crippen molar-refractivity contribution in [3.05, 3.63) is 24.3 Å². The Kier molecular flexibility index (Phi) is 3.26. The van der Waals surface area contributed by atoms with Crippen molar-refractivity contribution in [1.29, 1.82) is 0 Å². The Bertz CT molecular complexity index is 476. The smallest absolute Gasteiger partial charge is 0.322 e. The second-order valence-electron chi connectivity index (χ2n) is 3.44. The number of fused-ring (bicyclic) bond motifs is 1. The van der Waals surface area contributed by atoms with Crippen molar-refractivity contribution in [1.82, 2.24) is 9.97 Å². The molecule has 0 spiro atoms. The van der Waals surface area contributed by atoms with Gasteiger partial charge >= 0.3 is 5.16 Å². The third-order valence-electron chi connectivity index (χ3n) is 2.27. The third-order valence-corrected chi connectivity index (χ3v) is 3.48. The fourth-order valence-corrected chi connectivity index (χ4v) is 2.41. The first-order chi connectivity index (χ1) is 7.70. The van der Waals surface area contributed by atoms with Crippen LogP contribution in [0.5, 0.6) is 0 Å². The minimum atomic E-state index is -1.36. The molecule has 0 aliphatic heterocycles. The molecule has 1 N–H and O–H groups in total. The Balaban J connectivity index is 2.23. The van der Waals surface area contributed by atoms with Crippen molar-refractivity contribution < 1.29 is 9.35 Å². The van der Waals surface area contributed by atoms with Gasteiger partial charge in [0.15, 0.2) is 11.5 Å². The average molecular weight is 236 g/mol. The number of hydrogen-bond donors (Lipinski definition) is 1. The van der Waals surface area contributed by atoms with Crippen LogP contribution in [0.15, 0.2) is 29.4 Å².